The molecule has 8 nitrogen and oxygen atoms in total. The molecule has 2 N–H and O–H groups in total. The van der Waals surface area contributed by atoms with E-state index in [-0.39, 0.29) is 23.6 Å². The molecule has 0 spiro atoms. The highest BCUT2D eigenvalue weighted by molar-refractivity contribution is 8.00. The van der Waals surface area contributed by atoms with Gasteiger partial charge < -0.3 is 19.9 Å². The summed E-state index contributed by atoms with van der Waals surface area (Å²) in [5.41, 5.74) is 6.48. The number of fused-ring (bicyclic) bond motifs is 1. The van der Waals surface area contributed by atoms with Crippen molar-refractivity contribution in [1.82, 2.24) is 4.90 Å². The third-order valence-electron chi connectivity index (χ3n) is 4.11. The number of rotatable bonds is 4. The maximum Gasteiger partial charge on any atom is 0.357 e. The molecule has 2 saturated heterocycles. The van der Waals surface area contributed by atoms with Crippen LogP contribution in [0.1, 0.15) is 26.2 Å². The largest absolute Gasteiger partial charge is 0.461 e. The first-order valence-corrected chi connectivity index (χ1v) is 8.92. The van der Waals surface area contributed by atoms with Crippen LogP contribution in [0, 0.1) is 0 Å². The van der Waals surface area contributed by atoms with Gasteiger partial charge in [-0.05, 0) is 12.8 Å². The molecule has 0 aromatic heterocycles. The fraction of sp³-hybridized carbons (Fsp3) is 0.667. The number of nitrogens with two attached hydrogens (primary N) is 1. The summed E-state index contributed by atoms with van der Waals surface area (Å²) < 4.78 is 15.8. The zero-order chi connectivity index (χ0) is 17.3. The standard InChI is InChI=1S/C15H20N2O6S/c1-8(18)22-6-9-7-24-14-11(16)13(19)17(14)12(9)15(20)23-10-4-2-3-5-21-10/h10-11,14H,2-7,16H2,1H3/t10?,11-,14-/m1/s1. The molecule has 0 aromatic carbocycles. The molecule has 3 atom stereocenters. The molecule has 1 amide bonds. The molecular weight excluding hydrogens is 336 g/mol. The third kappa shape index (κ3) is 3.28. The van der Waals surface area contributed by atoms with Crippen LogP contribution in [0.5, 0.6) is 0 Å². The van der Waals surface area contributed by atoms with Crippen LogP contribution in [-0.4, -0.2) is 59.4 Å². The molecule has 9 heteroatoms. The summed E-state index contributed by atoms with van der Waals surface area (Å²) in [6.07, 6.45) is 1.88. The Morgan fingerprint density at radius 1 is 1.42 bits per heavy atom. The van der Waals surface area contributed by atoms with Crippen molar-refractivity contribution in [3.8, 4) is 0 Å². The zero-order valence-corrected chi connectivity index (χ0v) is 14.2. The number of ether oxygens (including phenoxy) is 3. The van der Waals surface area contributed by atoms with Gasteiger partial charge in [0.1, 0.15) is 23.7 Å². The summed E-state index contributed by atoms with van der Waals surface area (Å²) in [5.74, 6) is -0.964. The summed E-state index contributed by atoms with van der Waals surface area (Å²) in [7, 11) is 0. The highest BCUT2D eigenvalue weighted by atomic mass is 32.2. The number of hydrogen-bond acceptors (Lipinski definition) is 8. The van der Waals surface area contributed by atoms with Gasteiger partial charge in [0.05, 0.1) is 6.61 Å². The average Bonchev–Trinajstić information content (AvgIpc) is 2.59. The van der Waals surface area contributed by atoms with E-state index in [1.165, 1.54) is 23.6 Å². The van der Waals surface area contributed by atoms with E-state index in [2.05, 4.69) is 0 Å². The average molecular weight is 356 g/mol. The minimum atomic E-state index is -0.630. The van der Waals surface area contributed by atoms with Crippen LogP contribution in [0.15, 0.2) is 11.3 Å². The maximum absolute atomic E-state index is 12.6. The van der Waals surface area contributed by atoms with Crippen LogP contribution < -0.4 is 5.73 Å². The van der Waals surface area contributed by atoms with Crippen LogP contribution in [0.3, 0.4) is 0 Å². The van der Waals surface area contributed by atoms with E-state index in [0.717, 1.165) is 12.8 Å². The molecule has 0 aromatic rings. The fourth-order valence-corrected chi connectivity index (χ4v) is 4.12. The van der Waals surface area contributed by atoms with E-state index in [4.69, 9.17) is 19.9 Å². The number of thioether (sulfide) groups is 1. The van der Waals surface area contributed by atoms with Crippen molar-refractivity contribution in [3.05, 3.63) is 11.3 Å². The molecule has 0 aliphatic carbocycles. The molecule has 132 valence electrons. The Morgan fingerprint density at radius 3 is 2.88 bits per heavy atom. The van der Waals surface area contributed by atoms with Crippen LogP contribution in [0.2, 0.25) is 0 Å². The predicted octanol–water partition coefficient (Wildman–Crippen LogP) is 0.116. The van der Waals surface area contributed by atoms with Gasteiger partial charge in [-0.3, -0.25) is 14.5 Å². The van der Waals surface area contributed by atoms with E-state index in [9.17, 15) is 14.4 Å². The molecule has 1 unspecified atom stereocenters. The monoisotopic (exact) mass is 356 g/mol. The van der Waals surface area contributed by atoms with Gasteiger partial charge in [0.2, 0.25) is 12.2 Å². The number of esters is 2. The first-order valence-electron chi connectivity index (χ1n) is 7.87. The van der Waals surface area contributed by atoms with Crippen molar-refractivity contribution >= 4 is 29.6 Å². The van der Waals surface area contributed by atoms with E-state index in [0.29, 0.717) is 24.4 Å². The van der Waals surface area contributed by atoms with Crippen LogP contribution in [0.25, 0.3) is 0 Å². The van der Waals surface area contributed by atoms with Gasteiger partial charge in [-0.25, -0.2) is 4.79 Å². The van der Waals surface area contributed by atoms with Gasteiger partial charge in [0.15, 0.2) is 0 Å². The van der Waals surface area contributed by atoms with Crippen molar-refractivity contribution in [3.63, 3.8) is 0 Å². The van der Waals surface area contributed by atoms with E-state index >= 15 is 0 Å². The topological polar surface area (TPSA) is 108 Å². The van der Waals surface area contributed by atoms with Gasteiger partial charge >= 0.3 is 11.9 Å². The highest BCUT2D eigenvalue weighted by Crippen LogP contribution is 2.40. The zero-order valence-electron chi connectivity index (χ0n) is 13.4. The van der Waals surface area contributed by atoms with Crippen molar-refractivity contribution in [2.24, 2.45) is 5.73 Å². The molecule has 0 bridgehead atoms. The number of nitrogens with zero attached hydrogens (tertiary/aromatic N) is 1. The Hall–Kier alpha value is -1.58. The highest BCUT2D eigenvalue weighted by Gasteiger charge is 2.52. The third-order valence-corrected chi connectivity index (χ3v) is 5.47. The summed E-state index contributed by atoms with van der Waals surface area (Å²) >= 11 is 1.44. The van der Waals surface area contributed by atoms with Gasteiger partial charge in [0.25, 0.3) is 0 Å². The quantitative estimate of drug-likeness (QED) is 0.559. The lowest BCUT2D eigenvalue weighted by atomic mass is 10.0. The second-order valence-corrected chi connectivity index (χ2v) is 6.97. The Bertz CT molecular complexity index is 587. The second-order valence-electron chi connectivity index (χ2n) is 5.87. The van der Waals surface area contributed by atoms with Crippen molar-refractivity contribution in [1.29, 1.82) is 0 Å². The molecule has 3 aliphatic heterocycles. The van der Waals surface area contributed by atoms with Crippen LogP contribution >= 0.6 is 11.8 Å². The van der Waals surface area contributed by atoms with Crippen molar-refractivity contribution < 1.29 is 28.6 Å². The summed E-state index contributed by atoms with van der Waals surface area (Å²) in [4.78, 5) is 37.1. The lowest BCUT2D eigenvalue weighted by Gasteiger charge is -2.48. The lowest BCUT2D eigenvalue weighted by molar-refractivity contribution is -0.186. The number of amides is 1. The van der Waals surface area contributed by atoms with Crippen LogP contribution in [-0.2, 0) is 28.6 Å². The molecular formula is C15H20N2O6S. The SMILES string of the molecule is CC(=O)OCC1=C(C(=O)OC2CCCCO2)N2C(=O)[C@@H](N)[C@H]2SC1. The Balaban J connectivity index is 1.79. The number of carbonyl (C=O) groups is 3. The van der Waals surface area contributed by atoms with Crippen molar-refractivity contribution in [2.75, 3.05) is 19.0 Å². The normalized spacial score (nSPS) is 29.7. The Kier molecular flexibility index (Phi) is 5.12. The fourth-order valence-electron chi connectivity index (χ4n) is 2.85. The minimum absolute atomic E-state index is 0.0516. The summed E-state index contributed by atoms with van der Waals surface area (Å²) in [6, 6.07) is -0.626. The van der Waals surface area contributed by atoms with Gasteiger partial charge in [-0.2, -0.15) is 0 Å². The Morgan fingerprint density at radius 2 is 2.21 bits per heavy atom. The second kappa shape index (κ2) is 7.12. The van der Waals surface area contributed by atoms with Gasteiger partial charge in [-0.15, -0.1) is 11.8 Å². The number of β-lactam (4-membered cyclic amide) rings is 1. The first kappa shape index (κ1) is 17.2. The molecule has 0 radical (unpaired) electrons. The number of hydrogen-bond donors (Lipinski definition) is 1. The van der Waals surface area contributed by atoms with Gasteiger partial charge in [0, 0.05) is 24.7 Å². The minimum Gasteiger partial charge on any atom is -0.461 e. The number of carbonyl (C=O) groups excluding carboxylic acids is 3. The lowest BCUT2D eigenvalue weighted by Crippen LogP contribution is -2.68. The van der Waals surface area contributed by atoms with E-state index in [1.807, 2.05) is 0 Å². The van der Waals surface area contributed by atoms with E-state index < -0.39 is 24.3 Å². The molecule has 0 saturated carbocycles. The first-order chi connectivity index (χ1) is 11.5. The van der Waals surface area contributed by atoms with Gasteiger partial charge in [-0.1, -0.05) is 0 Å². The predicted molar refractivity (Wildman–Crippen MR) is 84.4 cm³/mol. The summed E-state index contributed by atoms with van der Waals surface area (Å²) in [6.45, 7) is 1.78. The molecule has 2 fully saturated rings. The molecule has 24 heavy (non-hydrogen) atoms. The summed E-state index contributed by atoms with van der Waals surface area (Å²) in [5, 5.41) is -0.284. The van der Waals surface area contributed by atoms with E-state index in [1.54, 1.807) is 0 Å². The molecule has 3 heterocycles. The Labute approximate surface area is 143 Å². The van der Waals surface area contributed by atoms with Crippen LogP contribution in [0.4, 0.5) is 0 Å². The maximum atomic E-state index is 12.6. The smallest absolute Gasteiger partial charge is 0.357 e. The van der Waals surface area contributed by atoms with Crippen molar-refractivity contribution in [2.45, 2.75) is 43.9 Å². The molecule has 3 aliphatic rings. The molecule has 3 rings (SSSR count).